The third-order valence-electron chi connectivity index (χ3n) is 4.55. The first-order valence-corrected chi connectivity index (χ1v) is 6.58. The van der Waals surface area contributed by atoms with Crippen LogP contribution in [-0.2, 0) is 10.2 Å². The molecule has 0 radical (unpaired) electrons. The highest BCUT2D eigenvalue weighted by Crippen LogP contribution is 2.63. The van der Waals surface area contributed by atoms with Crippen molar-refractivity contribution in [1.29, 1.82) is 0 Å². The molecule has 18 heavy (non-hydrogen) atoms. The van der Waals surface area contributed by atoms with Gasteiger partial charge in [0.15, 0.2) is 0 Å². The van der Waals surface area contributed by atoms with Crippen LogP contribution in [0.5, 0.6) is 5.75 Å². The lowest BCUT2D eigenvalue weighted by molar-refractivity contribution is -0.111. The zero-order valence-corrected chi connectivity index (χ0v) is 11.2. The van der Waals surface area contributed by atoms with E-state index in [0.29, 0.717) is 18.2 Å². The number of hydrogen-bond donors (Lipinski definition) is 1. The Balaban J connectivity index is 2.09. The fraction of sp³-hybridized carbons (Fsp3) is 0.571. The van der Waals surface area contributed by atoms with Gasteiger partial charge in [-0.2, -0.15) is 0 Å². The molecule has 1 saturated carbocycles. The first kappa shape index (κ1) is 12.3. The highest BCUT2D eigenvalue weighted by atomic mass is 35.5. The lowest BCUT2D eigenvalue weighted by Gasteiger charge is -2.48. The number of aliphatic hydroxyl groups is 1. The van der Waals surface area contributed by atoms with Crippen LogP contribution in [0.2, 0.25) is 5.02 Å². The molecule has 0 amide bonds. The van der Waals surface area contributed by atoms with Gasteiger partial charge in [0.05, 0.1) is 25.7 Å². The van der Waals surface area contributed by atoms with Crippen LogP contribution in [0, 0.1) is 5.41 Å². The predicted molar refractivity (Wildman–Crippen MR) is 69.3 cm³/mol. The second-order valence-electron chi connectivity index (χ2n) is 5.36. The summed E-state index contributed by atoms with van der Waals surface area (Å²) < 4.78 is 10.9. The molecule has 98 valence electrons. The lowest BCUT2D eigenvalue weighted by Crippen LogP contribution is -2.55. The molecule has 0 atom stereocenters. The Labute approximate surface area is 112 Å². The number of halogens is 1. The van der Waals surface area contributed by atoms with Crippen molar-refractivity contribution >= 4 is 11.6 Å². The minimum Gasteiger partial charge on any atom is -0.496 e. The molecule has 1 aromatic rings. The molecule has 4 heteroatoms. The van der Waals surface area contributed by atoms with Gasteiger partial charge in [-0.1, -0.05) is 11.6 Å². The van der Waals surface area contributed by atoms with E-state index in [4.69, 9.17) is 21.1 Å². The van der Waals surface area contributed by atoms with Gasteiger partial charge in [-0.15, -0.1) is 0 Å². The fourth-order valence-corrected chi connectivity index (χ4v) is 3.22. The Morgan fingerprint density at radius 1 is 1.39 bits per heavy atom. The summed E-state index contributed by atoms with van der Waals surface area (Å²) in [5, 5.41) is 10.4. The average molecular weight is 269 g/mol. The zero-order valence-electron chi connectivity index (χ0n) is 10.4. The van der Waals surface area contributed by atoms with Gasteiger partial charge in [-0.25, -0.2) is 0 Å². The molecule has 0 bridgehead atoms. The van der Waals surface area contributed by atoms with Gasteiger partial charge in [0, 0.05) is 22.6 Å². The fourth-order valence-electron chi connectivity index (χ4n) is 3.05. The van der Waals surface area contributed by atoms with E-state index in [1.54, 1.807) is 7.11 Å². The molecule has 1 aliphatic carbocycles. The average Bonchev–Trinajstić information content (AvgIpc) is 3.09. The van der Waals surface area contributed by atoms with Crippen LogP contribution in [0.3, 0.4) is 0 Å². The van der Waals surface area contributed by atoms with Crippen molar-refractivity contribution in [2.45, 2.75) is 18.3 Å². The van der Waals surface area contributed by atoms with E-state index >= 15 is 0 Å². The number of ether oxygens (including phenoxy) is 2. The van der Waals surface area contributed by atoms with E-state index in [-0.39, 0.29) is 17.4 Å². The molecule has 0 spiro atoms. The second kappa shape index (κ2) is 4.12. The molecular weight excluding hydrogens is 252 g/mol. The maximum Gasteiger partial charge on any atom is 0.122 e. The lowest BCUT2D eigenvalue weighted by atomic mass is 9.66. The van der Waals surface area contributed by atoms with Crippen LogP contribution < -0.4 is 4.74 Å². The summed E-state index contributed by atoms with van der Waals surface area (Å²) in [4.78, 5) is 0. The van der Waals surface area contributed by atoms with Crippen LogP contribution in [0.15, 0.2) is 18.2 Å². The highest BCUT2D eigenvalue weighted by molar-refractivity contribution is 6.30. The summed E-state index contributed by atoms with van der Waals surface area (Å²) >= 11 is 6.12. The number of aliphatic hydroxyl groups excluding tert-OH is 1. The molecule has 1 N–H and O–H groups in total. The summed E-state index contributed by atoms with van der Waals surface area (Å²) in [6.45, 7) is 1.49. The molecule has 1 heterocycles. The largest absolute Gasteiger partial charge is 0.496 e. The SMILES string of the molecule is COc1ccc(Cl)cc1C1(C2(CO)CC2)COC1. The molecule has 0 unspecified atom stereocenters. The highest BCUT2D eigenvalue weighted by Gasteiger charge is 2.64. The van der Waals surface area contributed by atoms with Crippen LogP contribution in [-0.4, -0.2) is 32.0 Å². The summed E-state index contributed by atoms with van der Waals surface area (Å²) in [5.41, 5.74) is 0.914. The van der Waals surface area contributed by atoms with Crippen LogP contribution >= 0.6 is 11.6 Å². The van der Waals surface area contributed by atoms with E-state index in [1.165, 1.54) is 0 Å². The van der Waals surface area contributed by atoms with Gasteiger partial charge >= 0.3 is 0 Å². The third-order valence-corrected chi connectivity index (χ3v) is 4.78. The monoisotopic (exact) mass is 268 g/mol. The minimum absolute atomic E-state index is 0.0385. The summed E-state index contributed by atoms with van der Waals surface area (Å²) in [6, 6.07) is 5.68. The normalized spacial score (nSPS) is 23.3. The number of methoxy groups -OCH3 is 1. The van der Waals surface area contributed by atoms with Crippen LogP contribution in [0.25, 0.3) is 0 Å². The van der Waals surface area contributed by atoms with Crippen LogP contribution in [0.4, 0.5) is 0 Å². The molecule has 3 rings (SSSR count). The van der Waals surface area contributed by atoms with Crippen LogP contribution in [0.1, 0.15) is 18.4 Å². The van der Waals surface area contributed by atoms with Crippen molar-refractivity contribution in [3.05, 3.63) is 28.8 Å². The summed E-state index contributed by atoms with van der Waals surface area (Å²) in [6.07, 6.45) is 2.09. The summed E-state index contributed by atoms with van der Waals surface area (Å²) in [5.74, 6) is 0.836. The van der Waals surface area contributed by atoms with Gasteiger partial charge in [0.2, 0.25) is 0 Å². The third kappa shape index (κ3) is 1.51. The van der Waals surface area contributed by atoms with Crippen molar-refractivity contribution in [2.75, 3.05) is 26.9 Å². The van der Waals surface area contributed by atoms with E-state index < -0.39 is 0 Å². The first-order valence-electron chi connectivity index (χ1n) is 6.20. The second-order valence-corrected chi connectivity index (χ2v) is 5.79. The van der Waals surface area contributed by atoms with Gasteiger partial charge < -0.3 is 14.6 Å². The minimum atomic E-state index is -0.127. The van der Waals surface area contributed by atoms with Gasteiger partial charge in [0.25, 0.3) is 0 Å². The molecule has 3 nitrogen and oxygen atoms in total. The first-order chi connectivity index (χ1) is 8.67. The van der Waals surface area contributed by atoms with Crippen molar-refractivity contribution in [1.82, 2.24) is 0 Å². The Kier molecular flexibility index (Phi) is 2.81. The number of rotatable bonds is 4. The molecule has 2 aliphatic rings. The topological polar surface area (TPSA) is 38.7 Å². The maximum absolute atomic E-state index is 9.72. The van der Waals surface area contributed by atoms with Gasteiger partial charge in [-0.05, 0) is 31.0 Å². The van der Waals surface area contributed by atoms with Gasteiger partial charge in [-0.3, -0.25) is 0 Å². The Hall–Kier alpha value is -0.770. The maximum atomic E-state index is 9.72. The van der Waals surface area contributed by atoms with Crippen molar-refractivity contribution in [3.8, 4) is 5.75 Å². The molecule has 2 fully saturated rings. The van der Waals surface area contributed by atoms with E-state index in [0.717, 1.165) is 24.2 Å². The van der Waals surface area contributed by atoms with Crippen molar-refractivity contribution in [3.63, 3.8) is 0 Å². The molecule has 0 aromatic heterocycles. The molecule has 1 saturated heterocycles. The molecule has 1 aromatic carbocycles. The van der Waals surface area contributed by atoms with Crippen molar-refractivity contribution < 1.29 is 14.6 Å². The number of hydrogen-bond acceptors (Lipinski definition) is 3. The van der Waals surface area contributed by atoms with Crippen molar-refractivity contribution in [2.24, 2.45) is 5.41 Å². The van der Waals surface area contributed by atoms with E-state index in [2.05, 4.69) is 0 Å². The Morgan fingerprint density at radius 2 is 2.11 bits per heavy atom. The molecule has 1 aliphatic heterocycles. The zero-order chi connectivity index (χ0) is 12.8. The van der Waals surface area contributed by atoms with E-state index in [1.807, 2.05) is 18.2 Å². The quantitative estimate of drug-likeness (QED) is 0.911. The van der Waals surface area contributed by atoms with E-state index in [9.17, 15) is 5.11 Å². The standard InChI is InChI=1S/C14H17ClO3/c1-17-12-3-2-10(15)6-11(12)14(8-18-9-14)13(7-16)4-5-13/h2-3,6,16H,4-5,7-9H2,1H3. The molecular formula is C14H17ClO3. The predicted octanol–water partition coefficient (Wildman–Crippen LogP) is 2.39. The number of benzene rings is 1. The van der Waals surface area contributed by atoms with Gasteiger partial charge in [0.1, 0.15) is 5.75 Å². The Bertz CT molecular complexity index is 464. The smallest absolute Gasteiger partial charge is 0.122 e. The summed E-state index contributed by atoms with van der Waals surface area (Å²) in [7, 11) is 1.67. The Morgan fingerprint density at radius 3 is 2.56 bits per heavy atom.